The van der Waals surface area contributed by atoms with Gasteiger partial charge in [-0.2, -0.15) is 0 Å². The summed E-state index contributed by atoms with van der Waals surface area (Å²) in [6.07, 6.45) is 0. The average Bonchev–Trinajstić information content (AvgIpc) is 3.02. The summed E-state index contributed by atoms with van der Waals surface area (Å²) in [4.78, 5) is 43.8. The second kappa shape index (κ2) is 6.80. The minimum Gasteiger partial charge on any atom is -0.456 e. The molecule has 8 nitrogen and oxygen atoms in total. The van der Waals surface area contributed by atoms with Crippen molar-refractivity contribution in [2.45, 2.75) is 26.5 Å². The number of carbonyl (C=O) groups excluding carboxylic acids is 1. The van der Waals surface area contributed by atoms with Crippen LogP contribution >= 0.6 is 0 Å². The number of rotatable bonds is 4. The van der Waals surface area contributed by atoms with Crippen LogP contribution in [0.3, 0.4) is 0 Å². The number of nitrogens with zero attached hydrogens (tertiary/aromatic N) is 2. The van der Waals surface area contributed by atoms with Gasteiger partial charge in [0.05, 0.1) is 16.4 Å². The molecule has 8 heteroatoms. The fourth-order valence-electron chi connectivity index (χ4n) is 3.14. The van der Waals surface area contributed by atoms with Crippen LogP contribution in [0.15, 0.2) is 56.5 Å². The Bertz CT molecular complexity index is 1310. The van der Waals surface area contributed by atoms with E-state index in [9.17, 15) is 14.4 Å². The summed E-state index contributed by atoms with van der Waals surface area (Å²) in [6.45, 7) is 3.18. The van der Waals surface area contributed by atoms with Crippen LogP contribution in [-0.4, -0.2) is 20.5 Å². The van der Waals surface area contributed by atoms with Crippen molar-refractivity contribution in [2.75, 3.05) is 0 Å². The molecule has 142 valence electrons. The molecule has 0 amide bonds. The molecular weight excluding hydrogens is 362 g/mol. The van der Waals surface area contributed by atoms with E-state index in [2.05, 4.69) is 9.97 Å². The zero-order valence-electron chi connectivity index (χ0n) is 15.3. The lowest BCUT2D eigenvalue weighted by atomic mass is 10.1. The molecular formula is C20H17N3O5. The van der Waals surface area contributed by atoms with Gasteiger partial charge in [0.25, 0.3) is 5.56 Å². The summed E-state index contributed by atoms with van der Waals surface area (Å²) in [7, 11) is 0. The molecule has 2 heterocycles. The molecule has 0 fully saturated rings. The number of nitrogens with one attached hydrogen (secondary N) is 1. The van der Waals surface area contributed by atoms with Crippen molar-refractivity contribution in [3.63, 3.8) is 0 Å². The third-order valence-electron chi connectivity index (χ3n) is 4.59. The van der Waals surface area contributed by atoms with Gasteiger partial charge in [-0.3, -0.25) is 9.36 Å². The molecule has 28 heavy (non-hydrogen) atoms. The number of fused-ring (bicyclic) bond motifs is 2. The Hall–Kier alpha value is -3.68. The first-order valence-corrected chi connectivity index (χ1v) is 8.71. The number of hydrogen-bond acceptors (Lipinski definition) is 6. The number of oxazole rings is 1. The molecule has 2 aromatic heterocycles. The van der Waals surface area contributed by atoms with E-state index >= 15 is 0 Å². The van der Waals surface area contributed by atoms with Crippen molar-refractivity contribution >= 4 is 28.0 Å². The summed E-state index contributed by atoms with van der Waals surface area (Å²) < 4.78 is 11.7. The maximum absolute atomic E-state index is 12.5. The van der Waals surface area contributed by atoms with Crippen molar-refractivity contribution in [1.82, 2.24) is 14.5 Å². The Morgan fingerprint density at radius 1 is 1.21 bits per heavy atom. The first-order chi connectivity index (χ1) is 13.5. The van der Waals surface area contributed by atoms with Crippen LogP contribution in [0, 0.1) is 6.92 Å². The molecule has 4 aromatic rings. The van der Waals surface area contributed by atoms with E-state index in [1.807, 2.05) is 13.0 Å². The van der Waals surface area contributed by atoms with Crippen LogP contribution in [-0.2, 0) is 16.1 Å². The number of carbonyl (C=O) groups is 1. The minimum atomic E-state index is -0.898. The van der Waals surface area contributed by atoms with E-state index in [0.29, 0.717) is 22.0 Å². The molecule has 4 rings (SSSR count). The fourth-order valence-corrected chi connectivity index (χ4v) is 3.14. The van der Waals surface area contributed by atoms with E-state index in [-0.39, 0.29) is 18.0 Å². The lowest BCUT2D eigenvalue weighted by Gasteiger charge is -2.12. The van der Waals surface area contributed by atoms with Crippen LogP contribution < -0.4 is 11.3 Å². The fraction of sp³-hybridized carbons (Fsp3) is 0.200. The average molecular weight is 379 g/mol. The van der Waals surface area contributed by atoms with Crippen LogP contribution in [0.1, 0.15) is 24.4 Å². The highest BCUT2D eigenvalue weighted by Gasteiger charge is 2.23. The largest absolute Gasteiger partial charge is 0.456 e. The van der Waals surface area contributed by atoms with Gasteiger partial charge in [-0.25, -0.2) is 14.6 Å². The molecule has 0 saturated heterocycles. The number of H-pyrrole nitrogens is 1. The Kier molecular flexibility index (Phi) is 4.31. The van der Waals surface area contributed by atoms with Gasteiger partial charge in [-0.1, -0.05) is 24.3 Å². The molecule has 0 radical (unpaired) electrons. The molecule has 0 saturated carbocycles. The van der Waals surface area contributed by atoms with Gasteiger partial charge in [0.15, 0.2) is 5.58 Å². The molecule has 1 atom stereocenters. The van der Waals surface area contributed by atoms with E-state index in [0.717, 1.165) is 5.56 Å². The van der Waals surface area contributed by atoms with Gasteiger partial charge in [0.2, 0.25) is 0 Å². The smallest absolute Gasteiger partial charge is 0.420 e. The molecule has 1 N–H and O–H groups in total. The predicted octanol–water partition coefficient (Wildman–Crippen LogP) is 2.44. The maximum atomic E-state index is 12.5. The van der Waals surface area contributed by atoms with E-state index in [1.165, 1.54) is 4.57 Å². The minimum absolute atomic E-state index is 0.215. The summed E-state index contributed by atoms with van der Waals surface area (Å²) in [5.74, 6) is -1.04. The summed E-state index contributed by atoms with van der Waals surface area (Å²) in [6, 6.07) is 11.2. The Morgan fingerprint density at radius 2 is 2.00 bits per heavy atom. The third-order valence-corrected chi connectivity index (χ3v) is 4.59. The zero-order chi connectivity index (χ0) is 19.8. The van der Waals surface area contributed by atoms with Crippen LogP contribution in [0.4, 0.5) is 0 Å². The second-order valence-electron chi connectivity index (χ2n) is 6.47. The third kappa shape index (κ3) is 2.98. The van der Waals surface area contributed by atoms with E-state index < -0.39 is 17.8 Å². The van der Waals surface area contributed by atoms with Crippen molar-refractivity contribution < 1.29 is 13.9 Å². The van der Waals surface area contributed by atoms with Crippen molar-refractivity contribution in [2.24, 2.45) is 0 Å². The highest BCUT2D eigenvalue weighted by molar-refractivity contribution is 5.81. The first-order valence-electron chi connectivity index (χ1n) is 8.71. The number of hydrogen-bond donors (Lipinski definition) is 1. The van der Waals surface area contributed by atoms with Crippen LogP contribution in [0.2, 0.25) is 0 Å². The van der Waals surface area contributed by atoms with Gasteiger partial charge in [-0.05, 0) is 37.6 Å². The molecule has 1 unspecified atom stereocenters. The molecule has 0 aliphatic carbocycles. The van der Waals surface area contributed by atoms with Gasteiger partial charge in [0.1, 0.15) is 18.5 Å². The molecule has 0 aliphatic heterocycles. The van der Waals surface area contributed by atoms with Gasteiger partial charge in [0, 0.05) is 0 Å². The van der Waals surface area contributed by atoms with Crippen molar-refractivity contribution in [1.29, 1.82) is 0 Å². The first kappa shape index (κ1) is 17.7. The number of esters is 1. The number of benzene rings is 2. The van der Waals surface area contributed by atoms with Gasteiger partial charge < -0.3 is 14.1 Å². The standard InChI is InChI=1S/C20H17N3O5/c1-11-6-5-7-13-17(11)21-16(22-18(13)24)10-27-19(25)12(2)23-14-8-3-4-9-15(14)28-20(23)26/h3-9,12H,10H2,1-2H3,(H,21,22,24). The highest BCUT2D eigenvalue weighted by atomic mass is 16.5. The summed E-state index contributed by atoms with van der Waals surface area (Å²) >= 11 is 0. The lowest BCUT2D eigenvalue weighted by Crippen LogP contribution is -2.26. The normalized spacial score (nSPS) is 12.4. The van der Waals surface area contributed by atoms with E-state index in [4.69, 9.17) is 9.15 Å². The maximum Gasteiger partial charge on any atom is 0.420 e. The summed E-state index contributed by atoms with van der Waals surface area (Å²) in [5, 5.41) is 0.472. The number of ether oxygens (including phenoxy) is 1. The SMILES string of the molecule is Cc1cccc2c(=O)[nH]c(COC(=O)C(C)n3c(=O)oc4ccccc43)nc12. The number of aromatic nitrogens is 3. The highest BCUT2D eigenvalue weighted by Crippen LogP contribution is 2.18. The monoisotopic (exact) mass is 379 g/mol. The van der Waals surface area contributed by atoms with E-state index in [1.54, 1.807) is 43.3 Å². The summed E-state index contributed by atoms with van der Waals surface area (Å²) in [5.41, 5.74) is 2.00. The Labute approximate surface area is 158 Å². The number of aryl methyl sites for hydroxylation is 1. The lowest BCUT2D eigenvalue weighted by molar-refractivity contribution is -0.148. The predicted molar refractivity (Wildman–Crippen MR) is 102 cm³/mol. The molecule has 0 bridgehead atoms. The van der Waals surface area contributed by atoms with Gasteiger partial charge >= 0.3 is 11.7 Å². The Morgan fingerprint density at radius 3 is 2.82 bits per heavy atom. The Balaban J connectivity index is 1.58. The van der Waals surface area contributed by atoms with Gasteiger partial charge in [-0.15, -0.1) is 0 Å². The quantitative estimate of drug-likeness (QED) is 0.546. The van der Waals surface area contributed by atoms with Crippen LogP contribution in [0.25, 0.3) is 22.0 Å². The second-order valence-corrected chi connectivity index (χ2v) is 6.47. The topological polar surface area (TPSA) is 107 Å². The zero-order valence-corrected chi connectivity index (χ0v) is 15.3. The van der Waals surface area contributed by atoms with Crippen molar-refractivity contribution in [3.8, 4) is 0 Å². The van der Waals surface area contributed by atoms with Crippen molar-refractivity contribution in [3.05, 3.63) is 74.8 Å². The molecule has 0 spiro atoms. The number of para-hydroxylation sites is 3. The number of aromatic amines is 1. The molecule has 2 aromatic carbocycles. The molecule has 0 aliphatic rings. The van der Waals surface area contributed by atoms with Crippen LogP contribution in [0.5, 0.6) is 0 Å².